The van der Waals surface area contributed by atoms with Gasteiger partial charge in [0.25, 0.3) is 0 Å². The van der Waals surface area contributed by atoms with Gasteiger partial charge in [-0.05, 0) is 18.6 Å². The molecule has 0 radical (unpaired) electrons. The second-order valence-corrected chi connectivity index (χ2v) is 3.45. The third-order valence-electron chi connectivity index (χ3n) is 1.81. The molecule has 0 N–H and O–H groups in total. The monoisotopic (exact) mass is 253 g/mol. The lowest BCUT2D eigenvalue weighted by atomic mass is 10.3. The van der Waals surface area contributed by atoms with E-state index >= 15 is 0 Å². The zero-order valence-electron chi connectivity index (χ0n) is 8.43. The van der Waals surface area contributed by atoms with E-state index in [1.165, 1.54) is 6.20 Å². The summed E-state index contributed by atoms with van der Waals surface area (Å²) in [6.07, 6.45) is -3.56. The molecule has 6 heteroatoms. The van der Waals surface area contributed by atoms with Gasteiger partial charge in [-0.25, -0.2) is 0 Å². The molecule has 0 unspecified atom stereocenters. The number of alkyl halides is 4. The van der Waals surface area contributed by atoms with Crippen molar-refractivity contribution in [2.45, 2.75) is 24.9 Å². The third-order valence-corrected chi connectivity index (χ3v) is 2.08. The number of aromatic nitrogens is 1. The van der Waals surface area contributed by atoms with Gasteiger partial charge in [0.05, 0.1) is 24.4 Å². The van der Waals surface area contributed by atoms with Gasteiger partial charge >= 0.3 is 6.18 Å². The number of hydrogen-bond donors (Lipinski definition) is 0. The lowest BCUT2D eigenvalue weighted by Gasteiger charge is -2.07. The van der Waals surface area contributed by atoms with E-state index in [1.807, 2.05) is 0 Å². The average molecular weight is 254 g/mol. The van der Waals surface area contributed by atoms with Gasteiger partial charge in [-0.15, -0.1) is 11.6 Å². The molecule has 1 aromatic rings. The van der Waals surface area contributed by atoms with Crippen LogP contribution in [0.3, 0.4) is 0 Å². The number of ether oxygens (including phenoxy) is 1. The molecule has 0 saturated heterocycles. The summed E-state index contributed by atoms with van der Waals surface area (Å²) in [5, 5.41) is 0. The topological polar surface area (TPSA) is 22.1 Å². The summed E-state index contributed by atoms with van der Waals surface area (Å²) in [5.74, 6) is 0.755. The molecule has 0 aliphatic rings. The summed E-state index contributed by atoms with van der Waals surface area (Å²) in [6.45, 7) is 0.0292. The highest BCUT2D eigenvalue weighted by Crippen LogP contribution is 2.21. The molecule has 90 valence electrons. The smallest absolute Gasteiger partial charge is 0.389 e. The van der Waals surface area contributed by atoms with Gasteiger partial charge in [0.15, 0.2) is 0 Å². The fourth-order valence-electron chi connectivity index (χ4n) is 1.04. The second-order valence-electron chi connectivity index (χ2n) is 3.19. The van der Waals surface area contributed by atoms with E-state index in [2.05, 4.69) is 4.98 Å². The fourth-order valence-corrected chi connectivity index (χ4v) is 1.20. The molecule has 0 aliphatic heterocycles. The minimum atomic E-state index is -4.12. The summed E-state index contributed by atoms with van der Waals surface area (Å²) in [7, 11) is 0. The molecule has 0 spiro atoms. The van der Waals surface area contributed by atoms with Crippen molar-refractivity contribution in [3.63, 3.8) is 0 Å². The Hall–Kier alpha value is -0.970. The van der Waals surface area contributed by atoms with Crippen LogP contribution in [-0.2, 0) is 5.88 Å². The number of halogens is 4. The molecule has 1 heterocycles. The van der Waals surface area contributed by atoms with Crippen LogP contribution in [0.2, 0.25) is 0 Å². The van der Waals surface area contributed by atoms with Crippen molar-refractivity contribution >= 4 is 11.6 Å². The molecule has 1 aromatic heterocycles. The Labute approximate surface area is 96.4 Å². The Morgan fingerprint density at radius 2 is 2.06 bits per heavy atom. The minimum Gasteiger partial charge on any atom is -0.492 e. The summed E-state index contributed by atoms with van der Waals surface area (Å²) in [6, 6.07) is 3.31. The van der Waals surface area contributed by atoms with Gasteiger partial charge in [0.2, 0.25) is 0 Å². The predicted molar refractivity (Wildman–Crippen MR) is 54.6 cm³/mol. The van der Waals surface area contributed by atoms with Gasteiger partial charge in [0, 0.05) is 6.42 Å². The Kier molecular flexibility index (Phi) is 4.86. The molecule has 16 heavy (non-hydrogen) atoms. The van der Waals surface area contributed by atoms with E-state index in [1.54, 1.807) is 12.1 Å². The molecule has 0 aromatic carbocycles. The van der Waals surface area contributed by atoms with Crippen LogP contribution < -0.4 is 4.74 Å². The van der Waals surface area contributed by atoms with Gasteiger partial charge in [-0.1, -0.05) is 0 Å². The summed E-state index contributed by atoms with van der Waals surface area (Å²) >= 11 is 5.53. The largest absolute Gasteiger partial charge is 0.492 e. The Bertz CT molecular complexity index is 313. The first kappa shape index (κ1) is 13.1. The summed E-state index contributed by atoms with van der Waals surface area (Å²) in [5.41, 5.74) is 0.698. The van der Waals surface area contributed by atoms with E-state index in [0.717, 1.165) is 0 Å². The lowest BCUT2D eigenvalue weighted by molar-refractivity contribution is -0.136. The molecule has 0 atom stereocenters. The van der Waals surface area contributed by atoms with Crippen molar-refractivity contribution in [3.05, 3.63) is 24.0 Å². The minimum absolute atomic E-state index is 0.0292. The highest BCUT2D eigenvalue weighted by Gasteiger charge is 2.26. The van der Waals surface area contributed by atoms with E-state index in [0.29, 0.717) is 17.3 Å². The molecule has 0 fully saturated rings. The maximum Gasteiger partial charge on any atom is 0.389 e. The van der Waals surface area contributed by atoms with E-state index in [-0.39, 0.29) is 13.0 Å². The summed E-state index contributed by atoms with van der Waals surface area (Å²) in [4.78, 5) is 3.95. The molecular weight excluding hydrogens is 243 g/mol. The van der Waals surface area contributed by atoms with Crippen molar-refractivity contribution in [2.24, 2.45) is 0 Å². The number of hydrogen-bond acceptors (Lipinski definition) is 2. The van der Waals surface area contributed by atoms with Gasteiger partial charge in [-0.3, -0.25) is 4.98 Å². The lowest BCUT2D eigenvalue weighted by Crippen LogP contribution is -2.09. The molecule has 0 aliphatic carbocycles. The van der Waals surface area contributed by atoms with Crippen LogP contribution in [0.15, 0.2) is 18.3 Å². The first-order valence-corrected chi connectivity index (χ1v) is 5.25. The molecule has 0 bridgehead atoms. The summed E-state index contributed by atoms with van der Waals surface area (Å²) < 4.78 is 40.5. The van der Waals surface area contributed by atoms with Crippen molar-refractivity contribution < 1.29 is 17.9 Å². The van der Waals surface area contributed by atoms with Crippen molar-refractivity contribution in [3.8, 4) is 5.75 Å². The Balaban J connectivity index is 2.27. The van der Waals surface area contributed by atoms with Crippen LogP contribution >= 0.6 is 11.6 Å². The van der Waals surface area contributed by atoms with Crippen LogP contribution in [0.4, 0.5) is 13.2 Å². The standard InChI is InChI=1S/C10H11ClF3NO/c11-6-8-2-3-9(7-15-8)16-5-1-4-10(12,13)14/h2-3,7H,1,4-6H2. The highest BCUT2D eigenvalue weighted by atomic mass is 35.5. The molecule has 2 nitrogen and oxygen atoms in total. The van der Waals surface area contributed by atoms with Crippen LogP contribution in [0.1, 0.15) is 18.5 Å². The van der Waals surface area contributed by atoms with Crippen LogP contribution in [0.5, 0.6) is 5.75 Å². The van der Waals surface area contributed by atoms with Gasteiger partial charge < -0.3 is 4.74 Å². The second kappa shape index (κ2) is 5.94. The number of rotatable bonds is 5. The van der Waals surface area contributed by atoms with Crippen molar-refractivity contribution in [2.75, 3.05) is 6.61 Å². The van der Waals surface area contributed by atoms with Crippen LogP contribution in [-0.4, -0.2) is 17.8 Å². The zero-order chi connectivity index (χ0) is 12.0. The number of nitrogens with zero attached hydrogens (tertiary/aromatic N) is 1. The van der Waals surface area contributed by atoms with E-state index in [4.69, 9.17) is 16.3 Å². The normalized spacial score (nSPS) is 11.5. The maximum atomic E-state index is 11.8. The first-order valence-electron chi connectivity index (χ1n) is 4.72. The quantitative estimate of drug-likeness (QED) is 0.591. The van der Waals surface area contributed by atoms with E-state index in [9.17, 15) is 13.2 Å². The van der Waals surface area contributed by atoms with Crippen molar-refractivity contribution in [1.29, 1.82) is 0 Å². The fraction of sp³-hybridized carbons (Fsp3) is 0.500. The van der Waals surface area contributed by atoms with Crippen LogP contribution in [0, 0.1) is 0 Å². The van der Waals surface area contributed by atoms with E-state index < -0.39 is 12.6 Å². The molecule has 1 rings (SSSR count). The average Bonchev–Trinajstić information content (AvgIpc) is 2.24. The molecule has 0 saturated carbocycles. The van der Waals surface area contributed by atoms with Crippen molar-refractivity contribution in [1.82, 2.24) is 4.98 Å². The van der Waals surface area contributed by atoms with Gasteiger partial charge in [-0.2, -0.15) is 13.2 Å². The number of pyridine rings is 1. The van der Waals surface area contributed by atoms with Gasteiger partial charge in [0.1, 0.15) is 5.75 Å². The first-order chi connectivity index (χ1) is 7.51. The predicted octanol–water partition coefficient (Wildman–Crippen LogP) is 3.54. The van der Waals surface area contributed by atoms with Crippen LogP contribution in [0.25, 0.3) is 0 Å². The SMILES string of the molecule is FC(F)(F)CCCOc1ccc(CCl)nc1. The molecular formula is C10H11ClF3NO. The Morgan fingerprint density at radius 3 is 2.56 bits per heavy atom. The maximum absolute atomic E-state index is 11.8. The highest BCUT2D eigenvalue weighted by molar-refractivity contribution is 6.16. The Morgan fingerprint density at radius 1 is 1.31 bits per heavy atom. The third kappa shape index (κ3) is 5.21. The molecule has 0 amide bonds. The zero-order valence-corrected chi connectivity index (χ0v) is 9.18.